The molecule has 0 aromatic heterocycles. The second-order valence-electron chi connectivity index (χ2n) is 4.69. The van der Waals surface area contributed by atoms with Crippen molar-refractivity contribution in [2.24, 2.45) is 11.7 Å². The van der Waals surface area contributed by atoms with Gasteiger partial charge in [0.1, 0.15) is 0 Å². The molecule has 1 aromatic rings. The van der Waals surface area contributed by atoms with Gasteiger partial charge >= 0.3 is 0 Å². The largest absolute Gasteiger partial charge is 0.493 e. The third-order valence-corrected chi connectivity index (χ3v) is 2.96. The SMILES string of the molecule is CCCOc1ccc(CNC(=O)C(C)CN)cc1OC.Cl. The number of nitrogens with one attached hydrogen (secondary N) is 1. The predicted octanol–water partition coefficient (Wildman–Crippen LogP) is 2.12. The van der Waals surface area contributed by atoms with Gasteiger partial charge in [-0.2, -0.15) is 0 Å². The van der Waals surface area contributed by atoms with Crippen molar-refractivity contribution in [1.82, 2.24) is 5.32 Å². The van der Waals surface area contributed by atoms with Crippen LogP contribution in [0.25, 0.3) is 0 Å². The lowest BCUT2D eigenvalue weighted by molar-refractivity contribution is -0.124. The molecule has 0 aliphatic rings. The van der Waals surface area contributed by atoms with Crippen LogP contribution in [0.3, 0.4) is 0 Å². The first-order valence-corrected chi connectivity index (χ1v) is 6.89. The summed E-state index contributed by atoms with van der Waals surface area (Å²) in [5.41, 5.74) is 6.42. The summed E-state index contributed by atoms with van der Waals surface area (Å²) >= 11 is 0. The number of methoxy groups -OCH3 is 1. The fourth-order valence-corrected chi connectivity index (χ4v) is 1.62. The molecule has 0 bridgehead atoms. The Hall–Kier alpha value is -1.46. The first-order chi connectivity index (χ1) is 9.62. The zero-order valence-electron chi connectivity index (χ0n) is 12.8. The van der Waals surface area contributed by atoms with Crippen LogP contribution in [0.5, 0.6) is 11.5 Å². The van der Waals surface area contributed by atoms with Crippen molar-refractivity contribution >= 4 is 18.3 Å². The minimum absolute atomic E-state index is 0. The molecule has 3 N–H and O–H groups in total. The molecule has 0 radical (unpaired) electrons. The zero-order valence-corrected chi connectivity index (χ0v) is 13.7. The number of hydrogen-bond acceptors (Lipinski definition) is 4. The van der Waals surface area contributed by atoms with Gasteiger partial charge in [-0.25, -0.2) is 0 Å². The molecule has 1 aromatic carbocycles. The summed E-state index contributed by atoms with van der Waals surface area (Å²) in [6.45, 7) is 5.31. The third kappa shape index (κ3) is 6.23. The van der Waals surface area contributed by atoms with E-state index in [1.165, 1.54) is 0 Å². The van der Waals surface area contributed by atoms with E-state index in [1.807, 2.05) is 18.2 Å². The van der Waals surface area contributed by atoms with Gasteiger partial charge in [-0.15, -0.1) is 12.4 Å². The van der Waals surface area contributed by atoms with Crippen LogP contribution < -0.4 is 20.5 Å². The maximum Gasteiger partial charge on any atom is 0.224 e. The van der Waals surface area contributed by atoms with Crippen molar-refractivity contribution < 1.29 is 14.3 Å². The zero-order chi connectivity index (χ0) is 15.0. The van der Waals surface area contributed by atoms with Crippen LogP contribution in [0.2, 0.25) is 0 Å². The predicted molar refractivity (Wildman–Crippen MR) is 86.1 cm³/mol. The summed E-state index contributed by atoms with van der Waals surface area (Å²) in [5.74, 6) is 1.18. The summed E-state index contributed by atoms with van der Waals surface area (Å²) < 4.78 is 10.9. The molecule has 0 aliphatic heterocycles. The van der Waals surface area contributed by atoms with Crippen LogP contribution in [-0.4, -0.2) is 26.2 Å². The van der Waals surface area contributed by atoms with E-state index in [0.29, 0.717) is 25.4 Å². The van der Waals surface area contributed by atoms with Crippen LogP contribution in [-0.2, 0) is 11.3 Å². The molecule has 6 heteroatoms. The third-order valence-electron chi connectivity index (χ3n) is 2.96. The summed E-state index contributed by atoms with van der Waals surface area (Å²) in [6.07, 6.45) is 0.942. The van der Waals surface area contributed by atoms with Gasteiger partial charge < -0.3 is 20.5 Å². The van der Waals surface area contributed by atoms with E-state index in [2.05, 4.69) is 12.2 Å². The first-order valence-electron chi connectivity index (χ1n) is 6.89. The molecule has 1 unspecified atom stereocenters. The van der Waals surface area contributed by atoms with Gasteiger partial charge in [-0.1, -0.05) is 19.9 Å². The van der Waals surface area contributed by atoms with E-state index < -0.39 is 0 Å². The quantitative estimate of drug-likeness (QED) is 0.770. The normalized spacial score (nSPS) is 11.2. The molecule has 0 heterocycles. The highest BCUT2D eigenvalue weighted by molar-refractivity contribution is 5.85. The second-order valence-corrected chi connectivity index (χ2v) is 4.69. The molecule has 0 fully saturated rings. The van der Waals surface area contributed by atoms with Crippen LogP contribution in [0.4, 0.5) is 0 Å². The molecule has 0 spiro atoms. The van der Waals surface area contributed by atoms with Crippen molar-refractivity contribution in [2.45, 2.75) is 26.8 Å². The lowest BCUT2D eigenvalue weighted by atomic mass is 10.1. The fourth-order valence-electron chi connectivity index (χ4n) is 1.62. The monoisotopic (exact) mass is 316 g/mol. The number of amides is 1. The smallest absolute Gasteiger partial charge is 0.224 e. The number of halogens is 1. The Balaban J connectivity index is 0.00000400. The van der Waals surface area contributed by atoms with Gasteiger partial charge in [-0.3, -0.25) is 4.79 Å². The van der Waals surface area contributed by atoms with E-state index >= 15 is 0 Å². The van der Waals surface area contributed by atoms with Gasteiger partial charge in [0.05, 0.1) is 13.7 Å². The standard InChI is InChI=1S/C15H24N2O3.ClH/c1-4-7-20-13-6-5-12(8-14(13)19-3)10-17-15(18)11(2)9-16;/h5-6,8,11H,4,7,9-10,16H2,1-3H3,(H,17,18);1H. The fraction of sp³-hybridized carbons (Fsp3) is 0.533. The topological polar surface area (TPSA) is 73.6 Å². The number of hydrogen-bond donors (Lipinski definition) is 2. The maximum atomic E-state index is 11.7. The van der Waals surface area contributed by atoms with Gasteiger partial charge in [0.15, 0.2) is 11.5 Å². The van der Waals surface area contributed by atoms with Crippen molar-refractivity contribution in [3.05, 3.63) is 23.8 Å². The molecule has 1 amide bonds. The van der Waals surface area contributed by atoms with E-state index in [0.717, 1.165) is 17.7 Å². The van der Waals surface area contributed by atoms with Crippen LogP contribution in [0.1, 0.15) is 25.8 Å². The summed E-state index contributed by atoms with van der Waals surface area (Å²) in [7, 11) is 1.60. The van der Waals surface area contributed by atoms with E-state index in [4.69, 9.17) is 15.2 Å². The average Bonchev–Trinajstić information content (AvgIpc) is 2.49. The number of carbonyl (C=O) groups excluding carboxylic acids is 1. The summed E-state index contributed by atoms with van der Waals surface area (Å²) in [4.78, 5) is 11.7. The molecule has 21 heavy (non-hydrogen) atoms. The Morgan fingerprint density at radius 2 is 2.10 bits per heavy atom. The van der Waals surface area contributed by atoms with Gasteiger partial charge in [0, 0.05) is 19.0 Å². The molecule has 1 atom stereocenters. The highest BCUT2D eigenvalue weighted by Crippen LogP contribution is 2.28. The van der Waals surface area contributed by atoms with Gasteiger partial charge in [0.25, 0.3) is 0 Å². The van der Waals surface area contributed by atoms with Crippen LogP contribution >= 0.6 is 12.4 Å². The van der Waals surface area contributed by atoms with Gasteiger partial charge in [-0.05, 0) is 24.1 Å². The number of ether oxygens (including phenoxy) is 2. The van der Waals surface area contributed by atoms with Crippen molar-refractivity contribution in [1.29, 1.82) is 0 Å². The Morgan fingerprint density at radius 1 is 1.38 bits per heavy atom. The minimum atomic E-state index is -0.177. The number of rotatable bonds is 8. The Labute approximate surface area is 132 Å². The number of nitrogens with two attached hydrogens (primary N) is 1. The maximum absolute atomic E-state index is 11.7. The molecule has 120 valence electrons. The highest BCUT2D eigenvalue weighted by Gasteiger charge is 2.11. The van der Waals surface area contributed by atoms with Crippen molar-refractivity contribution in [2.75, 3.05) is 20.3 Å². The molecular formula is C15H25ClN2O3. The molecule has 0 saturated carbocycles. The van der Waals surface area contributed by atoms with Crippen LogP contribution in [0.15, 0.2) is 18.2 Å². The van der Waals surface area contributed by atoms with Crippen molar-refractivity contribution in [3.63, 3.8) is 0 Å². The van der Waals surface area contributed by atoms with Crippen LogP contribution in [0, 0.1) is 5.92 Å². The Kier molecular flexibility index (Phi) is 9.58. The highest BCUT2D eigenvalue weighted by atomic mass is 35.5. The number of carbonyl (C=O) groups is 1. The molecular weight excluding hydrogens is 292 g/mol. The lowest BCUT2D eigenvalue weighted by Gasteiger charge is -2.13. The molecule has 5 nitrogen and oxygen atoms in total. The minimum Gasteiger partial charge on any atom is -0.493 e. The van der Waals surface area contributed by atoms with Gasteiger partial charge in [0.2, 0.25) is 5.91 Å². The van der Waals surface area contributed by atoms with E-state index in [9.17, 15) is 4.79 Å². The Morgan fingerprint density at radius 3 is 2.67 bits per heavy atom. The van der Waals surface area contributed by atoms with Crippen molar-refractivity contribution in [3.8, 4) is 11.5 Å². The molecule has 1 rings (SSSR count). The average molecular weight is 317 g/mol. The molecule has 0 aliphatic carbocycles. The van der Waals surface area contributed by atoms with E-state index in [1.54, 1.807) is 14.0 Å². The second kappa shape index (κ2) is 10.3. The Bertz CT molecular complexity index is 441. The molecule has 0 saturated heterocycles. The first kappa shape index (κ1) is 19.5. The summed E-state index contributed by atoms with van der Waals surface area (Å²) in [6, 6.07) is 5.65. The van der Waals surface area contributed by atoms with E-state index in [-0.39, 0.29) is 24.2 Å². The lowest BCUT2D eigenvalue weighted by Crippen LogP contribution is -2.32. The number of benzene rings is 1. The summed E-state index contributed by atoms with van der Waals surface area (Å²) in [5, 5.41) is 2.85.